The molecule has 0 heterocycles. The summed E-state index contributed by atoms with van der Waals surface area (Å²) in [4.78, 5) is 0. The zero-order valence-corrected chi connectivity index (χ0v) is 11.9. The summed E-state index contributed by atoms with van der Waals surface area (Å²) >= 11 is 0. The van der Waals surface area contributed by atoms with Crippen molar-refractivity contribution < 1.29 is 14.6 Å². The second-order valence-electron chi connectivity index (χ2n) is 4.89. The number of hydrogen-bond acceptors (Lipinski definition) is 3. The van der Waals surface area contributed by atoms with Gasteiger partial charge in [-0.25, -0.2) is 0 Å². The topological polar surface area (TPSA) is 38.7 Å². The number of aliphatic hydroxyl groups is 1. The molecule has 3 nitrogen and oxygen atoms in total. The first-order chi connectivity index (χ1) is 8.02. The minimum Gasteiger partial charge on any atom is -0.386 e. The van der Waals surface area contributed by atoms with Crippen LogP contribution in [0.25, 0.3) is 0 Å². The quantitative estimate of drug-likeness (QED) is 0.500. The van der Waals surface area contributed by atoms with E-state index in [1.807, 2.05) is 19.9 Å². The Labute approximate surface area is 106 Å². The highest BCUT2D eigenvalue weighted by atomic mass is 16.7. The summed E-state index contributed by atoms with van der Waals surface area (Å²) in [5, 5.41) is 10.1. The highest BCUT2D eigenvalue weighted by molar-refractivity contribution is 5.04. The van der Waals surface area contributed by atoms with Crippen molar-refractivity contribution >= 4 is 0 Å². The fraction of sp³-hybridized carbons (Fsp3) is 0.857. The Morgan fingerprint density at radius 3 is 2.47 bits per heavy atom. The fourth-order valence-electron chi connectivity index (χ4n) is 1.76. The fourth-order valence-corrected chi connectivity index (χ4v) is 1.76. The molecule has 0 radical (unpaired) electrons. The Morgan fingerprint density at radius 1 is 1.35 bits per heavy atom. The molecule has 0 fully saturated rings. The molecule has 102 valence electrons. The summed E-state index contributed by atoms with van der Waals surface area (Å²) in [6, 6.07) is 0. The number of aliphatic hydroxyl groups excluding tert-OH is 1. The monoisotopic (exact) mass is 244 g/mol. The van der Waals surface area contributed by atoms with Gasteiger partial charge in [-0.2, -0.15) is 0 Å². The molecule has 0 aliphatic carbocycles. The number of methoxy groups -OCH3 is 1. The second-order valence-corrected chi connectivity index (χ2v) is 4.89. The van der Waals surface area contributed by atoms with Gasteiger partial charge in [0.1, 0.15) is 6.79 Å². The summed E-state index contributed by atoms with van der Waals surface area (Å²) in [6.07, 6.45) is 4.54. The summed E-state index contributed by atoms with van der Waals surface area (Å²) in [6.45, 7) is 8.54. The molecule has 1 N–H and O–H groups in total. The first kappa shape index (κ1) is 16.6. The van der Waals surface area contributed by atoms with Gasteiger partial charge in [-0.15, -0.1) is 0 Å². The van der Waals surface area contributed by atoms with E-state index in [9.17, 15) is 5.11 Å². The lowest BCUT2D eigenvalue weighted by Crippen LogP contribution is -2.33. The van der Waals surface area contributed by atoms with Gasteiger partial charge in [-0.05, 0) is 25.7 Å². The van der Waals surface area contributed by atoms with Gasteiger partial charge in [0.15, 0.2) is 0 Å². The molecule has 0 saturated carbocycles. The molecule has 17 heavy (non-hydrogen) atoms. The predicted molar refractivity (Wildman–Crippen MR) is 70.9 cm³/mol. The van der Waals surface area contributed by atoms with Gasteiger partial charge in [-0.3, -0.25) is 0 Å². The highest BCUT2D eigenvalue weighted by Crippen LogP contribution is 2.15. The van der Waals surface area contributed by atoms with E-state index in [1.54, 1.807) is 7.11 Å². The van der Waals surface area contributed by atoms with Gasteiger partial charge in [0.05, 0.1) is 12.2 Å². The van der Waals surface area contributed by atoms with E-state index in [4.69, 9.17) is 9.47 Å². The van der Waals surface area contributed by atoms with Gasteiger partial charge in [0.2, 0.25) is 0 Å². The van der Waals surface area contributed by atoms with Crippen molar-refractivity contribution in [3.8, 4) is 0 Å². The van der Waals surface area contributed by atoms with Crippen LogP contribution in [-0.2, 0) is 9.47 Å². The van der Waals surface area contributed by atoms with Crippen molar-refractivity contribution in [2.45, 2.75) is 59.2 Å². The zero-order valence-electron chi connectivity index (χ0n) is 11.9. The van der Waals surface area contributed by atoms with Crippen LogP contribution in [0.2, 0.25) is 0 Å². The van der Waals surface area contributed by atoms with Crippen molar-refractivity contribution in [3.05, 3.63) is 11.6 Å². The van der Waals surface area contributed by atoms with Crippen LogP contribution < -0.4 is 0 Å². The molecule has 0 spiro atoms. The average molecular weight is 244 g/mol. The largest absolute Gasteiger partial charge is 0.386 e. The van der Waals surface area contributed by atoms with Gasteiger partial charge in [0.25, 0.3) is 0 Å². The summed E-state index contributed by atoms with van der Waals surface area (Å²) < 4.78 is 10.4. The second kappa shape index (κ2) is 9.63. The Morgan fingerprint density at radius 2 is 2.00 bits per heavy atom. The minimum absolute atomic E-state index is 0.202. The molecule has 0 aromatic carbocycles. The number of unbranched alkanes of at least 4 members (excludes halogenated alkanes) is 1. The van der Waals surface area contributed by atoms with Crippen molar-refractivity contribution in [3.63, 3.8) is 0 Å². The number of rotatable bonds is 9. The van der Waals surface area contributed by atoms with E-state index >= 15 is 0 Å². The lowest BCUT2D eigenvalue weighted by atomic mass is 9.99. The zero-order chi connectivity index (χ0) is 13.3. The molecule has 0 bridgehead atoms. The van der Waals surface area contributed by atoms with Crippen LogP contribution in [0.3, 0.4) is 0 Å². The number of ether oxygens (including phenoxy) is 2. The maximum absolute atomic E-state index is 10.1. The molecular weight excluding hydrogens is 216 g/mol. The van der Waals surface area contributed by atoms with E-state index < -0.39 is 6.10 Å². The molecule has 3 heteroatoms. The Bertz CT molecular complexity index is 212. The van der Waals surface area contributed by atoms with Crippen molar-refractivity contribution in [1.29, 1.82) is 0 Å². The molecule has 0 amide bonds. The van der Waals surface area contributed by atoms with E-state index in [1.165, 1.54) is 18.4 Å². The Balaban J connectivity index is 4.33. The third-order valence-corrected chi connectivity index (χ3v) is 2.75. The summed E-state index contributed by atoms with van der Waals surface area (Å²) in [5.74, 6) is 0.260. The average Bonchev–Trinajstić information content (AvgIpc) is 2.26. The van der Waals surface area contributed by atoms with Gasteiger partial charge < -0.3 is 14.6 Å². The number of hydrogen-bond donors (Lipinski definition) is 1. The molecule has 0 aliphatic rings. The van der Waals surface area contributed by atoms with E-state index in [-0.39, 0.29) is 18.8 Å². The van der Waals surface area contributed by atoms with Crippen LogP contribution >= 0.6 is 0 Å². The van der Waals surface area contributed by atoms with Gasteiger partial charge in [0, 0.05) is 7.11 Å². The maximum Gasteiger partial charge on any atom is 0.146 e. The first-order valence-electron chi connectivity index (χ1n) is 6.48. The summed E-state index contributed by atoms with van der Waals surface area (Å²) in [7, 11) is 1.59. The molecule has 0 saturated heterocycles. The molecule has 0 aliphatic heterocycles. The van der Waals surface area contributed by atoms with Crippen LogP contribution in [0.15, 0.2) is 11.6 Å². The van der Waals surface area contributed by atoms with Crippen LogP contribution in [0.1, 0.15) is 47.0 Å². The first-order valence-corrected chi connectivity index (χ1v) is 6.48. The van der Waals surface area contributed by atoms with Gasteiger partial charge in [-0.1, -0.05) is 38.8 Å². The highest BCUT2D eigenvalue weighted by Gasteiger charge is 2.21. The number of allylic oxidation sites excluding steroid dienone is 1. The normalized spacial score (nSPS) is 16.3. The molecule has 0 aromatic rings. The van der Waals surface area contributed by atoms with E-state index in [2.05, 4.69) is 13.8 Å². The van der Waals surface area contributed by atoms with Crippen LogP contribution in [0, 0.1) is 5.92 Å². The lowest BCUT2D eigenvalue weighted by Gasteiger charge is -2.24. The third kappa shape index (κ3) is 7.53. The van der Waals surface area contributed by atoms with Gasteiger partial charge >= 0.3 is 0 Å². The van der Waals surface area contributed by atoms with E-state index in [0.717, 1.165) is 6.42 Å². The Kier molecular flexibility index (Phi) is 9.41. The van der Waals surface area contributed by atoms with Crippen molar-refractivity contribution in [1.82, 2.24) is 0 Å². The lowest BCUT2D eigenvalue weighted by molar-refractivity contribution is -0.118. The summed E-state index contributed by atoms with van der Waals surface area (Å²) in [5.41, 5.74) is 1.23. The minimum atomic E-state index is -0.554. The maximum atomic E-state index is 10.1. The third-order valence-electron chi connectivity index (χ3n) is 2.75. The molecular formula is C14H28O3. The predicted octanol–water partition coefficient (Wildman–Crippen LogP) is 3.13. The molecule has 0 unspecified atom stereocenters. The SMILES string of the molecule is CCCC/C(C)=C/[C@H](O)[C@@H](OCOC)C(C)C. The van der Waals surface area contributed by atoms with Crippen LogP contribution in [-0.4, -0.2) is 31.2 Å². The van der Waals surface area contributed by atoms with Crippen molar-refractivity contribution in [2.75, 3.05) is 13.9 Å². The Hall–Kier alpha value is -0.380. The molecule has 2 atom stereocenters. The van der Waals surface area contributed by atoms with Crippen LogP contribution in [0.4, 0.5) is 0 Å². The molecule has 0 rings (SSSR count). The molecule has 0 aromatic heterocycles. The smallest absolute Gasteiger partial charge is 0.146 e. The van der Waals surface area contributed by atoms with Crippen molar-refractivity contribution in [2.24, 2.45) is 5.92 Å². The van der Waals surface area contributed by atoms with E-state index in [0.29, 0.717) is 0 Å². The standard InChI is InChI=1S/C14H28O3/c1-6-7-8-12(4)9-13(15)14(11(2)3)17-10-16-5/h9,11,13-15H,6-8,10H2,1-5H3/b12-9+/t13-,14-/m0/s1. The van der Waals surface area contributed by atoms with Crippen LogP contribution in [0.5, 0.6) is 0 Å².